The Morgan fingerprint density at radius 2 is 1.44 bits per heavy atom. The molecule has 0 radical (unpaired) electrons. The van der Waals surface area contributed by atoms with Gasteiger partial charge in [-0.3, -0.25) is 9.10 Å². The number of benzene rings is 3. The molecule has 0 aromatic heterocycles. The van der Waals surface area contributed by atoms with Gasteiger partial charge in [0.15, 0.2) is 0 Å². The van der Waals surface area contributed by atoms with E-state index in [0.717, 1.165) is 33.6 Å². The Labute approximate surface area is 202 Å². The van der Waals surface area contributed by atoms with Gasteiger partial charge in [-0.25, -0.2) is 8.42 Å². The van der Waals surface area contributed by atoms with Crippen molar-refractivity contribution in [3.63, 3.8) is 0 Å². The van der Waals surface area contributed by atoms with Gasteiger partial charge in [-0.05, 0) is 81.6 Å². The second kappa shape index (κ2) is 10.7. The molecule has 3 aromatic carbocycles. The lowest BCUT2D eigenvalue weighted by Gasteiger charge is -2.26. The lowest BCUT2D eigenvalue weighted by molar-refractivity contribution is -0.119. The van der Waals surface area contributed by atoms with E-state index >= 15 is 0 Å². The standard InChI is InChI=1S/C27H32N2O4S/c1-19-6-9-25(10-7-19)34(31,32)29(26-11-8-20(2)15-23(26)5)18-27(30)28-12-13-33-24-16-21(3)14-22(4)17-24/h6-11,14-17H,12-13,18H2,1-5H3,(H,28,30). The summed E-state index contributed by atoms with van der Waals surface area (Å²) in [5.41, 5.74) is 5.43. The van der Waals surface area contributed by atoms with Crippen molar-refractivity contribution in [2.45, 2.75) is 39.5 Å². The molecular formula is C27H32N2O4S. The van der Waals surface area contributed by atoms with Gasteiger partial charge in [-0.15, -0.1) is 0 Å². The van der Waals surface area contributed by atoms with Crippen molar-refractivity contribution >= 4 is 21.6 Å². The molecule has 3 rings (SSSR count). The SMILES string of the molecule is Cc1ccc(S(=O)(=O)N(CC(=O)NCCOc2cc(C)cc(C)c2)c2ccc(C)cc2C)cc1. The number of rotatable bonds is 9. The summed E-state index contributed by atoms with van der Waals surface area (Å²) in [5, 5.41) is 2.78. The summed E-state index contributed by atoms with van der Waals surface area (Å²) in [6.07, 6.45) is 0. The Kier molecular flexibility index (Phi) is 7.99. The van der Waals surface area contributed by atoms with Crippen LogP contribution < -0.4 is 14.4 Å². The van der Waals surface area contributed by atoms with Crippen molar-refractivity contribution in [1.82, 2.24) is 5.32 Å². The highest BCUT2D eigenvalue weighted by Gasteiger charge is 2.28. The molecular weight excluding hydrogens is 448 g/mol. The summed E-state index contributed by atoms with van der Waals surface area (Å²) < 4.78 is 33.9. The molecule has 0 fully saturated rings. The number of anilines is 1. The molecule has 0 bridgehead atoms. The van der Waals surface area contributed by atoms with E-state index in [9.17, 15) is 13.2 Å². The van der Waals surface area contributed by atoms with Gasteiger partial charge in [0.2, 0.25) is 5.91 Å². The molecule has 0 heterocycles. The highest BCUT2D eigenvalue weighted by Crippen LogP contribution is 2.27. The second-order valence-electron chi connectivity index (χ2n) is 8.64. The first-order valence-corrected chi connectivity index (χ1v) is 12.6. The predicted octanol–water partition coefficient (Wildman–Crippen LogP) is 4.62. The molecule has 0 saturated carbocycles. The molecule has 0 aliphatic carbocycles. The number of hydrogen-bond acceptors (Lipinski definition) is 4. The third kappa shape index (κ3) is 6.38. The first-order valence-electron chi connectivity index (χ1n) is 11.2. The zero-order chi connectivity index (χ0) is 24.9. The van der Waals surface area contributed by atoms with Crippen molar-refractivity contribution < 1.29 is 17.9 Å². The average Bonchev–Trinajstić information content (AvgIpc) is 2.75. The van der Waals surface area contributed by atoms with E-state index in [1.54, 1.807) is 30.3 Å². The fourth-order valence-electron chi connectivity index (χ4n) is 3.78. The van der Waals surface area contributed by atoms with E-state index in [4.69, 9.17) is 4.74 Å². The van der Waals surface area contributed by atoms with Crippen molar-refractivity contribution in [3.8, 4) is 5.75 Å². The number of carbonyl (C=O) groups excluding carboxylic acids is 1. The molecule has 7 heteroatoms. The van der Waals surface area contributed by atoms with Gasteiger partial charge < -0.3 is 10.1 Å². The number of sulfonamides is 1. The molecule has 0 atom stereocenters. The van der Waals surface area contributed by atoms with Crippen LogP contribution in [-0.2, 0) is 14.8 Å². The van der Waals surface area contributed by atoms with Gasteiger partial charge in [0.1, 0.15) is 18.9 Å². The van der Waals surface area contributed by atoms with Crippen LogP contribution in [0.3, 0.4) is 0 Å². The van der Waals surface area contributed by atoms with Crippen molar-refractivity contribution in [3.05, 3.63) is 88.5 Å². The van der Waals surface area contributed by atoms with Gasteiger partial charge in [0.05, 0.1) is 17.1 Å². The normalized spacial score (nSPS) is 11.2. The van der Waals surface area contributed by atoms with Crippen LogP contribution in [0.4, 0.5) is 5.69 Å². The van der Waals surface area contributed by atoms with Crippen LogP contribution in [0.2, 0.25) is 0 Å². The van der Waals surface area contributed by atoms with Gasteiger partial charge in [-0.2, -0.15) is 0 Å². The minimum Gasteiger partial charge on any atom is -0.492 e. The van der Waals surface area contributed by atoms with E-state index in [1.165, 1.54) is 4.31 Å². The lowest BCUT2D eigenvalue weighted by atomic mass is 10.1. The van der Waals surface area contributed by atoms with E-state index < -0.39 is 15.9 Å². The summed E-state index contributed by atoms with van der Waals surface area (Å²) in [6, 6.07) is 18.0. The molecule has 0 aliphatic heterocycles. The number of hydrogen-bond donors (Lipinski definition) is 1. The van der Waals surface area contributed by atoms with Gasteiger partial charge in [0.25, 0.3) is 10.0 Å². The van der Waals surface area contributed by atoms with E-state index in [-0.39, 0.29) is 24.6 Å². The maximum Gasteiger partial charge on any atom is 0.264 e. The molecule has 180 valence electrons. The molecule has 0 spiro atoms. The van der Waals surface area contributed by atoms with E-state index in [2.05, 4.69) is 11.4 Å². The molecule has 6 nitrogen and oxygen atoms in total. The summed E-state index contributed by atoms with van der Waals surface area (Å²) in [7, 11) is -3.94. The van der Waals surface area contributed by atoms with Crippen LogP contribution in [-0.4, -0.2) is 34.0 Å². The molecule has 34 heavy (non-hydrogen) atoms. The number of nitrogens with zero attached hydrogens (tertiary/aromatic N) is 1. The zero-order valence-electron chi connectivity index (χ0n) is 20.4. The predicted molar refractivity (Wildman–Crippen MR) is 136 cm³/mol. The minimum atomic E-state index is -3.94. The van der Waals surface area contributed by atoms with E-state index in [0.29, 0.717) is 5.69 Å². The number of nitrogens with one attached hydrogen (secondary N) is 1. The van der Waals surface area contributed by atoms with Crippen molar-refractivity contribution in [2.24, 2.45) is 0 Å². The Morgan fingerprint density at radius 1 is 0.824 bits per heavy atom. The third-order valence-electron chi connectivity index (χ3n) is 5.41. The maximum absolute atomic E-state index is 13.5. The Hall–Kier alpha value is -3.32. The smallest absolute Gasteiger partial charge is 0.264 e. The molecule has 1 amide bonds. The van der Waals surface area contributed by atoms with Gasteiger partial charge in [0, 0.05) is 0 Å². The van der Waals surface area contributed by atoms with Crippen LogP contribution in [0.25, 0.3) is 0 Å². The summed E-state index contributed by atoms with van der Waals surface area (Å²) in [6.45, 7) is 9.89. The molecule has 3 aromatic rings. The van der Waals surface area contributed by atoms with E-state index in [1.807, 2.05) is 58.9 Å². The van der Waals surface area contributed by atoms with Crippen molar-refractivity contribution in [1.29, 1.82) is 0 Å². The Bertz CT molecular complexity index is 1250. The second-order valence-corrected chi connectivity index (χ2v) is 10.5. The van der Waals surface area contributed by atoms with Gasteiger partial charge >= 0.3 is 0 Å². The van der Waals surface area contributed by atoms with Crippen LogP contribution >= 0.6 is 0 Å². The number of carbonyl (C=O) groups is 1. The first-order chi connectivity index (χ1) is 16.1. The lowest BCUT2D eigenvalue weighted by Crippen LogP contribution is -2.42. The fraction of sp³-hybridized carbons (Fsp3) is 0.296. The molecule has 1 N–H and O–H groups in total. The molecule has 0 aliphatic rings. The molecule has 0 unspecified atom stereocenters. The highest BCUT2D eigenvalue weighted by molar-refractivity contribution is 7.92. The number of amides is 1. The summed E-state index contributed by atoms with van der Waals surface area (Å²) in [4.78, 5) is 12.9. The Balaban J connectivity index is 1.74. The monoisotopic (exact) mass is 480 g/mol. The number of aryl methyl sites for hydroxylation is 5. The first kappa shape index (κ1) is 25.3. The van der Waals surface area contributed by atoms with Crippen LogP contribution in [0.5, 0.6) is 5.75 Å². The average molecular weight is 481 g/mol. The van der Waals surface area contributed by atoms with Crippen LogP contribution in [0.1, 0.15) is 27.8 Å². The largest absolute Gasteiger partial charge is 0.492 e. The maximum atomic E-state index is 13.5. The number of ether oxygens (including phenoxy) is 1. The van der Waals surface area contributed by atoms with Crippen molar-refractivity contribution in [2.75, 3.05) is 24.0 Å². The van der Waals surface area contributed by atoms with Crippen LogP contribution in [0.15, 0.2) is 65.6 Å². The highest BCUT2D eigenvalue weighted by atomic mass is 32.2. The summed E-state index contributed by atoms with van der Waals surface area (Å²) in [5.74, 6) is 0.338. The third-order valence-corrected chi connectivity index (χ3v) is 7.18. The quantitative estimate of drug-likeness (QED) is 0.454. The topological polar surface area (TPSA) is 75.7 Å². The minimum absolute atomic E-state index is 0.143. The Morgan fingerprint density at radius 3 is 2.06 bits per heavy atom. The fourth-order valence-corrected chi connectivity index (χ4v) is 5.27. The van der Waals surface area contributed by atoms with Gasteiger partial charge in [-0.1, -0.05) is 41.5 Å². The molecule has 0 saturated heterocycles. The zero-order valence-corrected chi connectivity index (χ0v) is 21.2. The summed E-state index contributed by atoms with van der Waals surface area (Å²) >= 11 is 0. The van der Waals surface area contributed by atoms with Crippen LogP contribution in [0, 0.1) is 34.6 Å².